The van der Waals surface area contributed by atoms with Crippen molar-refractivity contribution in [2.75, 3.05) is 11.1 Å². The number of hydrogen-bond donors (Lipinski definition) is 3. The van der Waals surface area contributed by atoms with Gasteiger partial charge in [-0.25, -0.2) is 27.7 Å². The van der Waals surface area contributed by atoms with Crippen molar-refractivity contribution in [2.24, 2.45) is 0 Å². The van der Waals surface area contributed by atoms with Crippen molar-refractivity contribution in [3.05, 3.63) is 62.7 Å². The van der Waals surface area contributed by atoms with Crippen molar-refractivity contribution in [2.45, 2.75) is 25.8 Å². The first-order valence-corrected chi connectivity index (χ1v) is 10.2. The Kier molecular flexibility index (Phi) is 6.08. The monoisotopic (exact) mass is 489 g/mol. The van der Waals surface area contributed by atoms with E-state index in [-0.39, 0.29) is 39.8 Å². The zero-order valence-corrected chi connectivity index (χ0v) is 18.1. The zero-order valence-electron chi connectivity index (χ0n) is 17.4. The van der Waals surface area contributed by atoms with Gasteiger partial charge in [0.1, 0.15) is 34.8 Å². The van der Waals surface area contributed by atoms with Crippen LogP contribution in [-0.2, 0) is 0 Å². The highest BCUT2D eigenvalue weighted by molar-refractivity contribution is 6.35. The molecule has 1 aromatic carbocycles. The number of aromatic amines is 1. The van der Waals surface area contributed by atoms with Gasteiger partial charge in [-0.2, -0.15) is 15.3 Å². The second-order valence-corrected chi connectivity index (χ2v) is 7.45. The third kappa shape index (κ3) is 3.99. The lowest BCUT2D eigenvalue weighted by Gasteiger charge is -2.22. The van der Waals surface area contributed by atoms with E-state index < -0.39 is 41.0 Å². The molecule has 0 saturated heterocycles. The fraction of sp³-hybridized carbons (Fsp3) is 0.200. The number of nitrogens with two attached hydrogens (primary N) is 1. The van der Waals surface area contributed by atoms with Gasteiger partial charge in [-0.1, -0.05) is 18.5 Å². The molecule has 0 unspecified atom stereocenters. The maximum absolute atomic E-state index is 14.0. The third-order valence-corrected chi connectivity index (χ3v) is 5.24. The van der Waals surface area contributed by atoms with Crippen molar-refractivity contribution in [3.8, 4) is 11.9 Å². The molecule has 3 aromatic heterocycles. The smallest absolute Gasteiger partial charge is 0.281 e. The predicted molar refractivity (Wildman–Crippen MR) is 117 cm³/mol. The predicted octanol–water partition coefficient (Wildman–Crippen LogP) is 3.65. The average molecular weight is 490 g/mol. The molecule has 0 radical (unpaired) electrons. The van der Waals surface area contributed by atoms with Crippen LogP contribution < -0.4 is 16.6 Å². The van der Waals surface area contributed by atoms with E-state index in [9.17, 15) is 23.2 Å². The van der Waals surface area contributed by atoms with Gasteiger partial charge in [-0.15, -0.1) is 0 Å². The second kappa shape index (κ2) is 8.99. The molecule has 0 saturated carbocycles. The van der Waals surface area contributed by atoms with E-state index in [1.807, 2.05) is 0 Å². The molecule has 34 heavy (non-hydrogen) atoms. The maximum Gasteiger partial charge on any atom is 0.281 e. The van der Waals surface area contributed by atoms with Gasteiger partial charge in [-0.05, 0) is 18.6 Å². The number of nitriles is 1. The van der Waals surface area contributed by atoms with Crippen molar-refractivity contribution in [1.82, 2.24) is 29.7 Å². The molecule has 4 N–H and O–H groups in total. The number of nitrogens with one attached hydrogen (secondary N) is 2. The van der Waals surface area contributed by atoms with Gasteiger partial charge in [0.05, 0.1) is 28.2 Å². The van der Waals surface area contributed by atoms with Crippen LogP contribution in [0.1, 0.15) is 42.9 Å². The quantitative estimate of drug-likeness (QED) is 0.371. The molecule has 0 aliphatic carbocycles. The summed E-state index contributed by atoms with van der Waals surface area (Å²) in [7, 11) is 0. The lowest BCUT2D eigenvalue weighted by atomic mass is 10.1. The summed E-state index contributed by atoms with van der Waals surface area (Å²) in [5.41, 5.74) is 3.63. The largest absolute Gasteiger partial charge is 0.368 e. The minimum absolute atomic E-state index is 0.0371. The molecular formula is C20H15ClF3N9O. The third-order valence-electron chi connectivity index (χ3n) is 4.95. The summed E-state index contributed by atoms with van der Waals surface area (Å²) in [6, 6.07) is 4.32. The number of alkyl halides is 2. The molecule has 3 heterocycles. The van der Waals surface area contributed by atoms with Crippen LogP contribution in [0.4, 0.5) is 24.9 Å². The number of hydrogen-bond acceptors (Lipinski definition) is 8. The van der Waals surface area contributed by atoms with Gasteiger partial charge in [0.25, 0.3) is 12.0 Å². The Balaban J connectivity index is 1.97. The van der Waals surface area contributed by atoms with Crippen LogP contribution >= 0.6 is 11.6 Å². The fourth-order valence-corrected chi connectivity index (χ4v) is 3.70. The van der Waals surface area contributed by atoms with Crippen LogP contribution in [0.15, 0.2) is 29.2 Å². The molecule has 4 rings (SSSR count). The number of nitrogens with zero attached hydrogens (tertiary/aromatic N) is 6. The molecule has 10 nitrogen and oxygen atoms in total. The fourth-order valence-electron chi connectivity index (χ4n) is 3.45. The number of nitrogen functional groups attached to an aromatic ring is 1. The molecule has 0 amide bonds. The Hall–Kier alpha value is -4.18. The summed E-state index contributed by atoms with van der Waals surface area (Å²) in [5.74, 6) is -1.15. The van der Waals surface area contributed by atoms with E-state index in [0.717, 1.165) is 16.7 Å². The molecule has 1 atom stereocenters. The van der Waals surface area contributed by atoms with E-state index in [0.29, 0.717) is 0 Å². The molecule has 14 heteroatoms. The lowest BCUT2D eigenvalue weighted by Crippen LogP contribution is -2.29. The van der Waals surface area contributed by atoms with E-state index in [1.165, 1.54) is 12.3 Å². The maximum atomic E-state index is 14.0. The second-order valence-electron chi connectivity index (χ2n) is 7.04. The summed E-state index contributed by atoms with van der Waals surface area (Å²) >= 11 is 6.16. The summed E-state index contributed by atoms with van der Waals surface area (Å²) in [6.45, 7) is 1.72. The number of anilines is 2. The first-order chi connectivity index (χ1) is 16.2. The molecule has 0 aliphatic heterocycles. The number of H-pyrrole nitrogens is 1. The minimum atomic E-state index is -3.07. The van der Waals surface area contributed by atoms with E-state index in [2.05, 4.69) is 30.5 Å². The number of rotatable bonds is 6. The van der Waals surface area contributed by atoms with Gasteiger partial charge in [-0.3, -0.25) is 9.89 Å². The first-order valence-electron chi connectivity index (χ1n) is 9.78. The normalized spacial score (nSPS) is 12.1. The average Bonchev–Trinajstić information content (AvgIpc) is 3.32. The Morgan fingerprint density at radius 2 is 2.09 bits per heavy atom. The van der Waals surface area contributed by atoms with Crippen LogP contribution in [-0.4, -0.2) is 29.7 Å². The van der Waals surface area contributed by atoms with Crippen molar-refractivity contribution in [1.29, 1.82) is 5.26 Å². The van der Waals surface area contributed by atoms with Crippen molar-refractivity contribution in [3.63, 3.8) is 0 Å². The van der Waals surface area contributed by atoms with Gasteiger partial charge in [0.15, 0.2) is 5.82 Å². The van der Waals surface area contributed by atoms with E-state index in [4.69, 9.17) is 17.3 Å². The van der Waals surface area contributed by atoms with Crippen LogP contribution in [0.25, 0.3) is 16.7 Å². The summed E-state index contributed by atoms with van der Waals surface area (Å²) in [4.78, 5) is 25.2. The number of benzene rings is 1. The summed E-state index contributed by atoms with van der Waals surface area (Å²) < 4.78 is 42.0. The first kappa shape index (κ1) is 23.0. The SMILES string of the molecule is CC[C@H](Nc1nc(N)nc(C(F)F)c1C#N)c1nc2c(Cl)cc(F)cc2c(=O)n1-c1ccn[nH]1. The Morgan fingerprint density at radius 1 is 1.32 bits per heavy atom. The Morgan fingerprint density at radius 3 is 2.71 bits per heavy atom. The number of fused-ring (bicyclic) bond motifs is 1. The molecule has 0 spiro atoms. The van der Waals surface area contributed by atoms with Gasteiger partial charge in [0, 0.05) is 6.07 Å². The van der Waals surface area contributed by atoms with Gasteiger partial charge in [0.2, 0.25) is 5.95 Å². The number of aromatic nitrogens is 6. The molecular weight excluding hydrogens is 475 g/mol. The van der Waals surface area contributed by atoms with E-state index >= 15 is 0 Å². The highest BCUT2D eigenvalue weighted by Gasteiger charge is 2.26. The van der Waals surface area contributed by atoms with Crippen LogP contribution in [0.2, 0.25) is 5.02 Å². The van der Waals surface area contributed by atoms with Crippen molar-refractivity contribution < 1.29 is 13.2 Å². The highest BCUT2D eigenvalue weighted by atomic mass is 35.5. The molecule has 0 fully saturated rings. The molecule has 4 aromatic rings. The van der Waals surface area contributed by atoms with Gasteiger partial charge < -0.3 is 11.1 Å². The number of halogens is 4. The summed E-state index contributed by atoms with van der Waals surface area (Å²) in [6.07, 6.45) is -1.42. The van der Waals surface area contributed by atoms with Gasteiger partial charge >= 0.3 is 0 Å². The minimum Gasteiger partial charge on any atom is -0.368 e. The van der Waals surface area contributed by atoms with Crippen LogP contribution in [0.3, 0.4) is 0 Å². The van der Waals surface area contributed by atoms with Crippen molar-refractivity contribution >= 4 is 34.3 Å². The standard InChI is InChI=1S/C20H15ClF3N9O/c1-2-12(28-17-10(7-25)15(16(23)24)30-20(26)31-17)18-29-14-9(5-8(22)6-11(14)21)19(34)33(18)13-3-4-27-32-13/h3-6,12,16H,2H2,1H3,(H,27,32)(H3,26,28,30,31)/t12-/m0/s1. The zero-order chi connectivity index (χ0) is 24.6. The Bertz CT molecular complexity index is 1480. The topological polar surface area (TPSA) is 151 Å². The van der Waals surface area contributed by atoms with Crippen LogP contribution in [0.5, 0.6) is 0 Å². The highest BCUT2D eigenvalue weighted by Crippen LogP contribution is 2.30. The molecule has 0 bridgehead atoms. The summed E-state index contributed by atoms with van der Waals surface area (Å²) in [5, 5.41) is 18.6. The Labute approximate surface area is 194 Å². The lowest BCUT2D eigenvalue weighted by molar-refractivity contribution is 0.146. The van der Waals surface area contributed by atoms with E-state index in [1.54, 1.807) is 13.0 Å². The molecule has 0 aliphatic rings. The molecule has 174 valence electrons. The van der Waals surface area contributed by atoms with Crippen LogP contribution in [0, 0.1) is 17.1 Å².